The van der Waals surface area contributed by atoms with Gasteiger partial charge in [-0.05, 0) is 0 Å². The van der Waals surface area contributed by atoms with Crippen molar-refractivity contribution in [2.24, 2.45) is 0 Å². The fourth-order valence-corrected chi connectivity index (χ4v) is 0.600. The second kappa shape index (κ2) is 10.1. The molecule has 0 aliphatic heterocycles. The van der Waals surface area contributed by atoms with Crippen LogP contribution in [0.1, 0.15) is 12.8 Å². The molecule has 0 spiro atoms. The van der Waals surface area contributed by atoms with Crippen LogP contribution in [0, 0.1) is 37.7 Å². The van der Waals surface area contributed by atoms with Crippen molar-refractivity contribution in [3.05, 3.63) is 37.0 Å². The summed E-state index contributed by atoms with van der Waals surface area (Å²) in [6, 6.07) is 0. The minimum absolute atomic E-state index is 0. The van der Waals surface area contributed by atoms with Crippen molar-refractivity contribution >= 4 is 6.29 Å². The first kappa shape index (κ1) is 13.7. The molecule has 0 aromatic carbocycles. The molecule has 1 nitrogen and oxygen atoms in total. The van der Waals surface area contributed by atoms with E-state index in [1.807, 2.05) is 12.4 Å². The topological polar surface area (TPSA) is 17.1 Å². The van der Waals surface area contributed by atoms with Gasteiger partial charge >= 0.3 is 0 Å². The molecule has 0 rings (SSSR count). The molecule has 0 aromatic heterocycles. The molecular formula is C9H11HoO-. The fraction of sp³-hybridized carbons (Fsp3) is 0.222. The second-order valence-electron chi connectivity index (χ2n) is 1.83. The molecule has 0 saturated carbocycles. The summed E-state index contributed by atoms with van der Waals surface area (Å²) in [5.74, 6) is 0. The van der Waals surface area contributed by atoms with Gasteiger partial charge in [0.2, 0.25) is 0 Å². The van der Waals surface area contributed by atoms with Gasteiger partial charge in [0, 0.05) is 37.7 Å². The Bertz CT molecular complexity index is 159. The molecule has 0 fully saturated rings. The van der Waals surface area contributed by atoms with Gasteiger partial charge in [-0.2, -0.15) is 0 Å². The average molecular weight is 300 g/mol. The summed E-state index contributed by atoms with van der Waals surface area (Å²) >= 11 is 0. The summed E-state index contributed by atoms with van der Waals surface area (Å²) in [6.45, 7) is 7.12. The van der Waals surface area contributed by atoms with Crippen LogP contribution >= 0.6 is 0 Å². The van der Waals surface area contributed by atoms with Crippen LogP contribution in [-0.2, 0) is 4.79 Å². The van der Waals surface area contributed by atoms with Crippen LogP contribution in [0.25, 0.3) is 0 Å². The van der Waals surface area contributed by atoms with E-state index in [0.29, 0.717) is 12.8 Å². The number of carbonyl (C=O) groups excluding carboxylic acids is 1. The predicted molar refractivity (Wildman–Crippen MR) is 43.4 cm³/mol. The van der Waals surface area contributed by atoms with Crippen LogP contribution in [0.3, 0.4) is 0 Å². The number of allylic oxidation sites excluding steroid dienone is 4. The van der Waals surface area contributed by atoms with Gasteiger partial charge in [0.05, 0.1) is 0 Å². The van der Waals surface area contributed by atoms with Crippen molar-refractivity contribution in [1.82, 2.24) is 0 Å². The van der Waals surface area contributed by atoms with Gasteiger partial charge in [-0.25, -0.2) is 0 Å². The maximum Gasteiger partial charge on any atom is 0 e. The molecule has 0 amide bonds. The van der Waals surface area contributed by atoms with E-state index >= 15 is 0 Å². The maximum atomic E-state index is 9.82. The SMILES string of the molecule is C=C/C=C(\C=C)CC[C-]=O.[Ho]. The van der Waals surface area contributed by atoms with Crippen molar-refractivity contribution in [2.75, 3.05) is 0 Å². The number of hydrogen-bond acceptors (Lipinski definition) is 1. The van der Waals surface area contributed by atoms with E-state index in [9.17, 15) is 4.79 Å². The van der Waals surface area contributed by atoms with Crippen LogP contribution in [-0.4, -0.2) is 6.29 Å². The molecule has 0 atom stereocenters. The van der Waals surface area contributed by atoms with E-state index < -0.39 is 0 Å². The van der Waals surface area contributed by atoms with Gasteiger partial charge in [-0.15, -0.1) is 6.42 Å². The van der Waals surface area contributed by atoms with Crippen molar-refractivity contribution in [2.45, 2.75) is 12.8 Å². The Morgan fingerprint density at radius 2 is 2.09 bits per heavy atom. The maximum absolute atomic E-state index is 9.82. The van der Waals surface area contributed by atoms with E-state index in [-0.39, 0.29) is 37.7 Å². The summed E-state index contributed by atoms with van der Waals surface area (Å²) < 4.78 is 0. The largest absolute Gasteiger partial charge is 0.542 e. The van der Waals surface area contributed by atoms with Crippen LogP contribution in [0.2, 0.25) is 0 Å². The molecule has 0 aromatic rings. The zero-order valence-electron chi connectivity index (χ0n) is 6.27. The van der Waals surface area contributed by atoms with Gasteiger partial charge in [0.15, 0.2) is 0 Å². The standard InChI is InChI=1S/C9H11O.Ho/c1-3-6-9(4-2)7-5-8-10;/h3-4,6H,1-2,5,7H2;/q-1;/b9-6+;. The minimum Gasteiger partial charge on any atom is -0.542 e. The quantitative estimate of drug-likeness (QED) is 0.432. The minimum atomic E-state index is 0. The predicted octanol–water partition coefficient (Wildman–Crippen LogP) is 2.17. The first-order chi connectivity index (χ1) is 4.85. The number of rotatable bonds is 5. The van der Waals surface area contributed by atoms with Crippen molar-refractivity contribution in [3.8, 4) is 0 Å². The molecule has 11 heavy (non-hydrogen) atoms. The molecule has 0 aliphatic rings. The molecule has 0 saturated heterocycles. The van der Waals surface area contributed by atoms with Crippen LogP contribution in [0.15, 0.2) is 37.0 Å². The van der Waals surface area contributed by atoms with Crippen LogP contribution in [0.4, 0.5) is 0 Å². The normalized spacial score (nSPS) is 9.64. The molecule has 0 aliphatic carbocycles. The van der Waals surface area contributed by atoms with E-state index in [0.717, 1.165) is 5.57 Å². The Morgan fingerprint density at radius 3 is 2.45 bits per heavy atom. The van der Waals surface area contributed by atoms with Crippen LogP contribution in [0.5, 0.6) is 0 Å². The van der Waals surface area contributed by atoms with E-state index in [1.165, 1.54) is 0 Å². The summed E-state index contributed by atoms with van der Waals surface area (Å²) in [4.78, 5) is 9.82. The van der Waals surface area contributed by atoms with Crippen molar-refractivity contribution in [1.29, 1.82) is 0 Å². The Kier molecular flexibility index (Phi) is 12.7. The third-order valence-corrected chi connectivity index (χ3v) is 1.11. The van der Waals surface area contributed by atoms with Crippen molar-refractivity contribution < 1.29 is 42.5 Å². The smallest absolute Gasteiger partial charge is 0 e. The molecular weight excluding hydrogens is 289 g/mol. The monoisotopic (exact) mass is 300 g/mol. The Hall–Kier alpha value is 0.150. The zero-order chi connectivity index (χ0) is 7.82. The number of hydrogen-bond donors (Lipinski definition) is 0. The van der Waals surface area contributed by atoms with E-state index in [2.05, 4.69) is 13.2 Å². The molecule has 0 N–H and O–H groups in total. The summed E-state index contributed by atoms with van der Waals surface area (Å²) in [7, 11) is 0. The zero-order valence-corrected chi connectivity index (χ0v) is 8.20. The molecule has 0 unspecified atom stereocenters. The first-order valence-electron chi connectivity index (χ1n) is 3.14. The fourth-order valence-electron chi connectivity index (χ4n) is 0.600. The average Bonchev–Trinajstić information content (AvgIpc) is 1.98. The third kappa shape index (κ3) is 8.05. The van der Waals surface area contributed by atoms with Gasteiger partial charge in [-0.1, -0.05) is 43.4 Å². The summed E-state index contributed by atoms with van der Waals surface area (Å²) in [5.41, 5.74) is 1.03. The molecule has 0 heterocycles. The molecule has 2 heteroatoms. The molecule has 0 bridgehead atoms. The molecule has 1 radical (unpaired) electrons. The van der Waals surface area contributed by atoms with Crippen molar-refractivity contribution in [3.63, 3.8) is 0 Å². The van der Waals surface area contributed by atoms with E-state index in [1.54, 1.807) is 12.2 Å². The van der Waals surface area contributed by atoms with E-state index in [4.69, 9.17) is 0 Å². The Labute approximate surface area is 97.9 Å². The summed E-state index contributed by atoms with van der Waals surface area (Å²) in [5, 5.41) is 0. The van der Waals surface area contributed by atoms with Gasteiger partial charge in [0.25, 0.3) is 0 Å². The third-order valence-electron chi connectivity index (χ3n) is 1.11. The first-order valence-corrected chi connectivity index (χ1v) is 3.14. The molecule has 65 valence electrons. The van der Waals surface area contributed by atoms with Gasteiger partial charge < -0.3 is 4.79 Å². The van der Waals surface area contributed by atoms with Crippen LogP contribution < -0.4 is 0 Å². The second-order valence-corrected chi connectivity index (χ2v) is 1.83. The van der Waals surface area contributed by atoms with Gasteiger partial charge in [-0.3, -0.25) is 6.29 Å². The summed E-state index contributed by atoms with van der Waals surface area (Å²) in [6.07, 6.45) is 8.20. The Morgan fingerprint density at radius 1 is 1.45 bits per heavy atom. The van der Waals surface area contributed by atoms with Gasteiger partial charge in [0.1, 0.15) is 0 Å². The Balaban J connectivity index is 0.